The molecule has 0 amide bonds. The zero-order valence-electron chi connectivity index (χ0n) is 17.3. The number of H-pyrrole nitrogens is 1. The van der Waals surface area contributed by atoms with E-state index in [0.717, 1.165) is 11.8 Å². The predicted octanol–water partition coefficient (Wildman–Crippen LogP) is 3.30. The largest absolute Gasteiger partial charge is 0.481 e. The molecule has 2 rings (SSSR count). The number of hydrogen-bond donors (Lipinski definition) is 5. The van der Waals surface area contributed by atoms with E-state index < -0.39 is 11.4 Å². The Morgan fingerprint density at radius 2 is 2.00 bits per heavy atom. The highest BCUT2D eigenvalue weighted by atomic mass is 16.4. The van der Waals surface area contributed by atoms with Gasteiger partial charge >= 0.3 is 5.97 Å². The molecule has 1 heterocycles. The number of rotatable bonds is 10. The van der Waals surface area contributed by atoms with E-state index in [1.54, 1.807) is 13.8 Å². The van der Waals surface area contributed by atoms with E-state index in [1.165, 1.54) is 11.1 Å². The summed E-state index contributed by atoms with van der Waals surface area (Å²) in [7, 11) is 0. The molecule has 8 nitrogen and oxygen atoms in total. The fourth-order valence-electron chi connectivity index (χ4n) is 2.80. The first-order valence-corrected chi connectivity index (χ1v) is 9.56. The predicted molar refractivity (Wildman–Crippen MR) is 115 cm³/mol. The summed E-state index contributed by atoms with van der Waals surface area (Å²) in [6.07, 6.45) is 2.07. The summed E-state index contributed by atoms with van der Waals surface area (Å²) in [5.74, 6) is -0.555. The van der Waals surface area contributed by atoms with Crippen molar-refractivity contribution < 1.29 is 9.90 Å². The van der Waals surface area contributed by atoms with Gasteiger partial charge in [-0.25, -0.2) is 4.98 Å². The first kappa shape index (κ1) is 22.1. The van der Waals surface area contributed by atoms with E-state index >= 15 is 0 Å². The van der Waals surface area contributed by atoms with Crippen molar-refractivity contribution in [3.63, 3.8) is 0 Å². The Labute approximate surface area is 170 Å². The Morgan fingerprint density at radius 1 is 1.28 bits per heavy atom. The van der Waals surface area contributed by atoms with Gasteiger partial charge in [0, 0.05) is 19.3 Å². The molecule has 1 aromatic heterocycles. The molecule has 0 radical (unpaired) electrons. The van der Waals surface area contributed by atoms with Gasteiger partial charge in [0.05, 0.1) is 5.41 Å². The molecule has 0 aliphatic heterocycles. The summed E-state index contributed by atoms with van der Waals surface area (Å²) in [5, 5.41) is 22.8. The Bertz CT molecular complexity index is 950. The van der Waals surface area contributed by atoms with Gasteiger partial charge in [0.1, 0.15) is 11.4 Å². The second kappa shape index (κ2) is 9.36. The molecule has 8 heteroatoms. The number of aromatic nitrogens is 2. The third kappa shape index (κ3) is 5.91. The fraction of sp³-hybridized carbons (Fsp3) is 0.429. The van der Waals surface area contributed by atoms with Crippen molar-refractivity contribution in [1.82, 2.24) is 9.97 Å². The Balaban J connectivity index is 2.03. The van der Waals surface area contributed by atoms with Crippen molar-refractivity contribution in [3.05, 3.63) is 50.9 Å². The molecular weight excluding hydrogens is 370 g/mol. The molecule has 0 atom stereocenters. The lowest BCUT2D eigenvalue weighted by Gasteiger charge is -2.19. The van der Waals surface area contributed by atoms with E-state index in [2.05, 4.69) is 33.6 Å². The third-order valence-electron chi connectivity index (χ3n) is 4.97. The monoisotopic (exact) mass is 399 g/mol. The lowest BCUT2D eigenvalue weighted by Crippen LogP contribution is -2.25. The smallest absolute Gasteiger partial charge is 0.309 e. The van der Waals surface area contributed by atoms with Crippen LogP contribution in [-0.2, 0) is 11.3 Å². The van der Waals surface area contributed by atoms with Crippen LogP contribution < -0.4 is 16.2 Å². The number of hydrogen-bond acceptors (Lipinski definition) is 6. The van der Waals surface area contributed by atoms with E-state index in [1.807, 2.05) is 19.1 Å². The van der Waals surface area contributed by atoms with Crippen molar-refractivity contribution in [2.75, 3.05) is 17.2 Å². The van der Waals surface area contributed by atoms with Gasteiger partial charge in [-0.2, -0.15) is 0 Å². The number of carboxylic acid groups (broad SMARTS) is 1. The van der Waals surface area contributed by atoms with Gasteiger partial charge < -0.3 is 21.1 Å². The van der Waals surface area contributed by atoms with Crippen molar-refractivity contribution in [1.29, 1.82) is 5.41 Å². The SMILES string of the molecule is Cc1ccc(CNc2nc(C=N)c(NCCCC(C)(C)C(=O)O)c(=O)[nH]2)cc1C. The van der Waals surface area contributed by atoms with Gasteiger partial charge in [-0.1, -0.05) is 18.2 Å². The molecule has 0 saturated carbocycles. The van der Waals surface area contributed by atoms with Crippen molar-refractivity contribution in [2.24, 2.45) is 5.41 Å². The number of carboxylic acids is 1. The molecule has 0 bridgehead atoms. The molecule has 0 saturated heterocycles. The van der Waals surface area contributed by atoms with Gasteiger partial charge in [-0.15, -0.1) is 0 Å². The summed E-state index contributed by atoms with van der Waals surface area (Å²) >= 11 is 0. The van der Waals surface area contributed by atoms with E-state index in [4.69, 9.17) is 10.5 Å². The van der Waals surface area contributed by atoms with E-state index in [0.29, 0.717) is 31.9 Å². The van der Waals surface area contributed by atoms with Crippen LogP contribution in [0.2, 0.25) is 0 Å². The van der Waals surface area contributed by atoms with Crippen LogP contribution in [0.1, 0.15) is 49.1 Å². The summed E-state index contributed by atoms with van der Waals surface area (Å²) in [4.78, 5) is 30.6. The minimum absolute atomic E-state index is 0.213. The molecule has 156 valence electrons. The number of benzene rings is 1. The average molecular weight is 399 g/mol. The minimum atomic E-state index is -0.851. The summed E-state index contributed by atoms with van der Waals surface area (Å²) in [5.41, 5.74) is 2.72. The number of aryl methyl sites for hydroxylation is 2. The van der Waals surface area contributed by atoms with Crippen LogP contribution in [-0.4, -0.2) is 33.8 Å². The number of anilines is 2. The summed E-state index contributed by atoms with van der Waals surface area (Å²) in [6, 6.07) is 6.14. The fourth-order valence-corrected chi connectivity index (χ4v) is 2.80. The van der Waals surface area contributed by atoms with Gasteiger partial charge in [0.25, 0.3) is 5.56 Å². The third-order valence-corrected chi connectivity index (χ3v) is 4.97. The lowest BCUT2D eigenvalue weighted by atomic mass is 9.88. The zero-order chi connectivity index (χ0) is 21.6. The first-order valence-electron chi connectivity index (χ1n) is 9.56. The van der Waals surface area contributed by atoms with Gasteiger partial charge in [0.2, 0.25) is 5.95 Å². The molecule has 0 aliphatic carbocycles. The molecule has 1 aromatic carbocycles. The second-order valence-corrected chi connectivity index (χ2v) is 7.81. The molecule has 29 heavy (non-hydrogen) atoms. The second-order valence-electron chi connectivity index (χ2n) is 7.81. The highest BCUT2D eigenvalue weighted by Crippen LogP contribution is 2.22. The number of nitrogens with zero attached hydrogens (tertiary/aromatic N) is 1. The van der Waals surface area contributed by atoms with Crippen molar-refractivity contribution in [2.45, 2.75) is 47.1 Å². The van der Waals surface area contributed by atoms with Crippen LogP contribution in [0.25, 0.3) is 0 Å². The van der Waals surface area contributed by atoms with E-state index in [-0.39, 0.29) is 16.9 Å². The standard InChI is InChI=1S/C21H29N5O3/c1-13-6-7-15(10-14(13)2)12-24-20-25-16(11-22)17(18(27)26-20)23-9-5-8-21(3,4)19(28)29/h6-7,10-11,22-23H,5,8-9,12H2,1-4H3,(H,28,29)(H2,24,25,26,27). The lowest BCUT2D eigenvalue weighted by molar-refractivity contribution is -0.147. The topological polar surface area (TPSA) is 131 Å². The number of aliphatic carboxylic acids is 1. The molecule has 0 unspecified atom stereocenters. The molecule has 2 aromatic rings. The van der Waals surface area contributed by atoms with Crippen LogP contribution >= 0.6 is 0 Å². The average Bonchev–Trinajstić information content (AvgIpc) is 2.66. The molecule has 0 fully saturated rings. The number of nitrogens with one attached hydrogen (secondary N) is 4. The van der Waals surface area contributed by atoms with Gasteiger partial charge in [-0.3, -0.25) is 14.6 Å². The van der Waals surface area contributed by atoms with Crippen LogP contribution in [0.5, 0.6) is 0 Å². The number of carbonyl (C=O) groups is 1. The van der Waals surface area contributed by atoms with Crippen LogP contribution in [0.4, 0.5) is 11.6 Å². The van der Waals surface area contributed by atoms with Gasteiger partial charge in [-0.05, 0) is 57.2 Å². The van der Waals surface area contributed by atoms with Crippen LogP contribution in [0, 0.1) is 24.7 Å². The maximum absolute atomic E-state index is 12.4. The minimum Gasteiger partial charge on any atom is -0.481 e. The highest BCUT2D eigenvalue weighted by molar-refractivity contribution is 5.83. The quantitative estimate of drug-likeness (QED) is 0.308. The molecule has 0 spiro atoms. The first-order chi connectivity index (χ1) is 13.6. The maximum atomic E-state index is 12.4. The number of aromatic amines is 1. The highest BCUT2D eigenvalue weighted by Gasteiger charge is 2.26. The van der Waals surface area contributed by atoms with Crippen LogP contribution in [0.3, 0.4) is 0 Å². The molecule has 5 N–H and O–H groups in total. The maximum Gasteiger partial charge on any atom is 0.309 e. The molecule has 0 aliphatic rings. The van der Waals surface area contributed by atoms with E-state index in [9.17, 15) is 9.59 Å². The van der Waals surface area contributed by atoms with Crippen molar-refractivity contribution >= 4 is 23.8 Å². The Morgan fingerprint density at radius 3 is 2.62 bits per heavy atom. The summed E-state index contributed by atoms with van der Waals surface area (Å²) < 4.78 is 0. The van der Waals surface area contributed by atoms with Crippen LogP contribution in [0.15, 0.2) is 23.0 Å². The molecular formula is C21H29N5O3. The normalized spacial score (nSPS) is 11.2. The van der Waals surface area contributed by atoms with Gasteiger partial charge in [0.15, 0.2) is 0 Å². The zero-order valence-corrected chi connectivity index (χ0v) is 17.3. The van der Waals surface area contributed by atoms with Crippen molar-refractivity contribution in [3.8, 4) is 0 Å². The Kier molecular flexibility index (Phi) is 7.14. The summed E-state index contributed by atoms with van der Waals surface area (Å²) in [6.45, 7) is 8.35. The Hall–Kier alpha value is -3.16.